The van der Waals surface area contributed by atoms with Crippen LogP contribution in [-0.4, -0.2) is 4.57 Å². The molecule has 1 heterocycles. The van der Waals surface area contributed by atoms with Crippen LogP contribution in [0.2, 0.25) is 0 Å². The summed E-state index contributed by atoms with van der Waals surface area (Å²) < 4.78 is 2.41. The van der Waals surface area contributed by atoms with E-state index in [1.165, 1.54) is 50.0 Å². The largest absolute Gasteiger partial charge is 0.346 e. The molecule has 0 aliphatic heterocycles. The second-order valence-electron chi connectivity index (χ2n) is 8.77. The van der Waals surface area contributed by atoms with E-state index in [-0.39, 0.29) is 5.41 Å². The monoisotopic (exact) mass is 411 g/mol. The van der Waals surface area contributed by atoms with Crippen LogP contribution in [0.15, 0.2) is 115 Å². The van der Waals surface area contributed by atoms with E-state index in [1.54, 1.807) is 0 Å². The van der Waals surface area contributed by atoms with Gasteiger partial charge in [0.2, 0.25) is 0 Å². The Labute approximate surface area is 189 Å². The van der Waals surface area contributed by atoms with Crippen molar-refractivity contribution in [2.75, 3.05) is 0 Å². The molecule has 0 atom stereocenters. The molecule has 1 heteroatoms. The summed E-state index contributed by atoms with van der Waals surface area (Å²) in [7, 11) is 2.22. The first-order valence-electron chi connectivity index (χ1n) is 11.2. The molecule has 1 nitrogen and oxygen atoms in total. The molecule has 6 rings (SSSR count). The maximum absolute atomic E-state index is 2.50. The predicted molar refractivity (Wildman–Crippen MR) is 134 cm³/mol. The fraction of sp³-hybridized carbons (Fsp3) is 0.0968. The Morgan fingerprint density at radius 2 is 1.22 bits per heavy atom. The summed E-state index contributed by atoms with van der Waals surface area (Å²) >= 11 is 0. The molecule has 1 aromatic heterocycles. The molecule has 154 valence electrons. The fourth-order valence-electron chi connectivity index (χ4n) is 5.50. The van der Waals surface area contributed by atoms with Gasteiger partial charge in [0.05, 0.1) is 5.41 Å². The minimum atomic E-state index is -0.356. The van der Waals surface area contributed by atoms with Gasteiger partial charge in [0.15, 0.2) is 0 Å². The molecule has 1 aliphatic carbocycles. The van der Waals surface area contributed by atoms with Crippen LogP contribution in [0.4, 0.5) is 0 Å². The lowest BCUT2D eigenvalue weighted by Crippen LogP contribution is -2.28. The number of hydrogen-bond acceptors (Lipinski definition) is 0. The van der Waals surface area contributed by atoms with Gasteiger partial charge in [-0.25, -0.2) is 0 Å². The normalized spacial score (nSPS) is 14.4. The molecular weight excluding hydrogens is 386 g/mol. The van der Waals surface area contributed by atoms with Crippen LogP contribution in [0.25, 0.3) is 16.5 Å². The van der Waals surface area contributed by atoms with Gasteiger partial charge < -0.3 is 4.57 Å². The van der Waals surface area contributed by atoms with Crippen molar-refractivity contribution in [1.82, 2.24) is 4.57 Å². The zero-order chi connectivity index (χ0) is 21.7. The molecule has 0 N–H and O–H groups in total. The third-order valence-electron chi connectivity index (χ3n) is 6.90. The van der Waals surface area contributed by atoms with Crippen LogP contribution < -0.4 is 0 Å². The summed E-state index contributed by atoms with van der Waals surface area (Å²) in [6.45, 7) is 2.18. The lowest BCUT2D eigenvalue weighted by molar-refractivity contribution is 0.708. The van der Waals surface area contributed by atoms with Gasteiger partial charge in [0, 0.05) is 29.2 Å². The highest BCUT2D eigenvalue weighted by Crippen LogP contribution is 2.54. The zero-order valence-corrected chi connectivity index (χ0v) is 18.4. The van der Waals surface area contributed by atoms with Gasteiger partial charge in [-0.3, -0.25) is 0 Å². The third kappa shape index (κ3) is 2.58. The number of rotatable bonds is 3. The summed E-state index contributed by atoms with van der Waals surface area (Å²) in [4.78, 5) is 0. The topological polar surface area (TPSA) is 4.93 Å². The Morgan fingerprint density at radius 1 is 0.656 bits per heavy atom. The van der Waals surface area contributed by atoms with Crippen LogP contribution in [0.1, 0.15) is 33.5 Å². The number of allylic oxidation sites excluding steroid dienone is 1. The van der Waals surface area contributed by atoms with E-state index in [1.807, 2.05) is 0 Å². The average Bonchev–Trinajstić information content (AvgIpc) is 3.35. The van der Waals surface area contributed by atoms with E-state index in [2.05, 4.69) is 134 Å². The Kier molecular flexibility index (Phi) is 4.19. The fourth-order valence-corrected chi connectivity index (χ4v) is 5.50. The van der Waals surface area contributed by atoms with Crippen LogP contribution in [0, 0.1) is 6.92 Å². The van der Waals surface area contributed by atoms with Crippen molar-refractivity contribution in [3.63, 3.8) is 0 Å². The number of benzene rings is 4. The van der Waals surface area contributed by atoms with E-state index in [9.17, 15) is 0 Å². The smallest absolute Gasteiger partial charge is 0.0800 e. The number of hydrogen-bond donors (Lipinski definition) is 0. The molecule has 1 aliphatic rings. The van der Waals surface area contributed by atoms with E-state index in [0.29, 0.717) is 0 Å². The first-order chi connectivity index (χ1) is 15.7. The SMILES string of the molecule is Cc1ccc2c(c1)c1c(n2C)C(c2ccccc2)(c2ccccc2)C=C1c1ccccc1. The lowest BCUT2D eigenvalue weighted by atomic mass is 9.73. The van der Waals surface area contributed by atoms with Crippen LogP contribution >= 0.6 is 0 Å². The molecular formula is C31H25N. The third-order valence-corrected chi connectivity index (χ3v) is 6.90. The van der Waals surface area contributed by atoms with Crippen molar-refractivity contribution < 1.29 is 0 Å². The van der Waals surface area contributed by atoms with E-state index in [0.717, 1.165) is 0 Å². The number of aromatic nitrogens is 1. The molecule has 4 aromatic carbocycles. The molecule has 0 saturated heterocycles. The van der Waals surface area contributed by atoms with Crippen molar-refractivity contribution in [3.8, 4) is 0 Å². The molecule has 0 unspecified atom stereocenters. The predicted octanol–water partition coefficient (Wildman–Crippen LogP) is 7.27. The van der Waals surface area contributed by atoms with Crippen molar-refractivity contribution in [1.29, 1.82) is 0 Å². The highest BCUT2D eigenvalue weighted by atomic mass is 15.0. The maximum Gasteiger partial charge on any atom is 0.0800 e. The van der Waals surface area contributed by atoms with Gasteiger partial charge in [-0.1, -0.05) is 109 Å². The molecule has 5 aromatic rings. The van der Waals surface area contributed by atoms with Crippen molar-refractivity contribution in [2.24, 2.45) is 7.05 Å². The van der Waals surface area contributed by atoms with Crippen molar-refractivity contribution in [3.05, 3.63) is 149 Å². The van der Waals surface area contributed by atoms with Crippen LogP contribution in [-0.2, 0) is 12.5 Å². The molecule has 0 spiro atoms. The first kappa shape index (κ1) is 18.9. The summed E-state index contributed by atoms with van der Waals surface area (Å²) in [5, 5.41) is 1.33. The van der Waals surface area contributed by atoms with Crippen molar-refractivity contribution in [2.45, 2.75) is 12.3 Å². The Bertz CT molecular complexity index is 1420. The van der Waals surface area contributed by atoms with Gasteiger partial charge in [0.25, 0.3) is 0 Å². The Morgan fingerprint density at radius 3 is 1.81 bits per heavy atom. The lowest BCUT2D eigenvalue weighted by Gasteiger charge is -2.31. The summed E-state index contributed by atoms with van der Waals surface area (Å²) in [5.74, 6) is 0. The van der Waals surface area contributed by atoms with Gasteiger partial charge in [-0.05, 0) is 41.3 Å². The Hall–Kier alpha value is -3.84. The molecule has 0 bridgehead atoms. The minimum Gasteiger partial charge on any atom is -0.346 e. The molecule has 0 fully saturated rings. The van der Waals surface area contributed by atoms with Gasteiger partial charge >= 0.3 is 0 Å². The molecule has 0 amide bonds. The van der Waals surface area contributed by atoms with E-state index in [4.69, 9.17) is 0 Å². The van der Waals surface area contributed by atoms with Gasteiger partial charge in [-0.15, -0.1) is 0 Å². The average molecular weight is 412 g/mol. The van der Waals surface area contributed by atoms with E-state index >= 15 is 0 Å². The number of aryl methyl sites for hydroxylation is 2. The van der Waals surface area contributed by atoms with Gasteiger partial charge in [0.1, 0.15) is 0 Å². The Balaban J connectivity index is 1.82. The van der Waals surface area contributed by atoms with Crippen LogP contribution in [0.3, 0.4) is 0 Å². The second kappa shape index (κ2) is 7.10. The summed E-state index contributed by atoms with van der Waals surface area (Å²) in [6, 6.07) is 39.6. The zero-order valence-electron chi connectivity index (χ0n) is 18.4. The van der Waals surface area contributed by atoms with E-state index < -0.39 is 0 Å². The van der Waals surface area contributed by atoms with Gasteiger partial charge in [-0.2, -0.15) is 0 Å². The second-order valence-corrected chi connectivity index (χ2v) is 8.77. The number of fused-ring (bicyclic) bond motifs is 3. The standard InChI is InChI=1S/C31H25N/c1-22-18-19-28-26(20-22)29-27(23-12-6-3-7-13-23)21-31(30(29)32(28)2,24-14-8-4-9-15-24)25-16-10-5-11-17-25/h3-21H,1-2H3. The summed E-state index contributed by atoms with van der Waals surface area (Å²) in [6.07, 6.45) is 2.50. The molecule has 0 saturated carbocycles. The highest BCUT2D eigenvalue weighted by Gasteiger charge is 2.45. The number of nitrogens with zero attached hydrogens (tertiary/aromatic N) is 1. The summed E-state index contributed by atoms with van der Waals surface area (Å²) in [5.41, 5.74) is 10.1. The van der Waals surface area contributed by atoms with Crippen molar-refractivity contribution >= 4 is 16.5 Å². The highest BCUT2D eigenvalue weighted by molar-refractivity contribution is 6.03. The maximum atomic E-state index is 2.50. The quantitative estimate of drug-likeness (QED) is 0.294. The first-order valence-corrected chi connectivity index (χ1v) is 11.2. The molecule has 0 radical (unpaired) electrons. The minimum absolute atomic E-state index is 0.356. The molecule has 32 heavy (non-hydrogen) atoms. The van der Waals surface area contributed by atoms with Crippen LogP contribution in [0.5, 0.6) is 0 Å².